The third-order valence-electron chi connectivity index (χ3n) is 13.2. The molecule has 0 fully saturated rings. The maximum absolute atomic E-state index is 14.0. The summed E-state index contributed by atoms with van der Waals surface area (Å²) in [7, 11) is 4.22. The molecular formula is C55H106N2O7. The van der Waals surface area contributed by atoms with Crippen LogP contribution in [-0.2, 0) is 33.4 Å². The van der Waals surface area contributed by atoms with Crippen LogP contribution in [0.4, 0.5) is 0 Å². The van der Waals surface area contributed by atoms with Gasteiger partial charge in [0.15, 0.2) is 0 Å². The van der Waals surface area contributed by atoms with Crippen LogP contribution in [0.3, 0.4) is 0 Å². The SMILES string of the molecule is CCCCCC(=O)OCCCCCCCCC(=O)N(CCCN(C)C)C(CCCCCCCCC(=O)OCC(CC)CCCC)CCCCCCCCC(=O)OCC(CC)CCCC. The summed E-state index contributed by atoms with van der Waals surface area (Å²) in [5.74, 6) is 1.17. The molecule has 64 heavy (non-hydrogen) atoms. The molecule has 2 unspecified atom stereocenters. The van der Waals surface area contributed by atoms with Gasteiger partial charge in [0.1, 0.15) is 0 Å². The summed E-state index contributed by atoms with van der Waals surface area (Å²) in [4.78, 5) is 55.1. The molecule has 2 atom stereocenters. The highest BCUT2D eigenvalue weighted by Gasteiger charge is 2.23. The summed E-state index contributed by atoms with van der Waals surface area (Å²) < 4.78 is 16.6. The van der Waals surface area contributed by atoms with Crippen LogP contribution in [0.1, 0.15) is 266 Å². The number of esters is 3. The monoisotopic (exact) mass is 907 g/mol. The lowest BCUT2D eigenvalue weighted by molar-refractivity contribution is -0.146. The van der Waals surface area contributed by atoms with E-state index < -0.39 is 0 Å². The average Bonchev–Trinajstić information content (AvgIpc) is 3.28. The third kappa shape index (κ3) is 39.0. The van der Waals surface area contributed by atoms with Crippen LogP contribution in [0.15, 0.2) is 0 Å². The van der Waals surface area contributed by atoms with Crippen LogP contribution in [-0.4, -0.2) is 86.7 Å². The van der Waals surface area contributed by atoms with E-state index in [-0.39, 0.29) is 23.9 Å². The Morgan fingerprint density at radius 1 is 0.391 bits per heavy atom. The van der Waals surface area contributed by atoms with Gasteiger partial charge in [0.25, 0.3) is 0 Å². The smallest absolute Gasteiger partial charge is 0.305 e. The predicted octanol–water partition coefficient (Wildman–Crippen LogP) is 14.8. The van der Waals surface area contributed by atoms with Gasteiger partial charge >= 0.3 is 17.9 Å². The molecule has 0 bridgehead atoms. The molecule has 0 heterocycles. The first-order chi connectivity index (χ1) is 31.1. The summed E-state index contributed by atoms with van der Waals surface area (Å²) in [5, 5.41) is 0. The van der Waals surface area contributed by atoms with E-state index in [1.165, 1.54) is 25.7 Å². The minimum atomic E-state index is -0.0615. The first kappa shape index (κ1) is 61.8. The van der Waals surface area contributed by atoms with Gasteiger partial charge in [-0.15, -0.1) is 0 Å². The quantitative estimate of drug-likeness (QED) is 0.0338. The van der Waals surface area contributed by atoms with Gasteiger partial charge in [-0.25, -0.2) is 0 Å². The molecule has 0 rings (SSSR count). The Hall–Kier alpha value is -2.16. The Labute approximate surface area is 396 Å². The van der Waals surface area contributed by atoms with E-state index >= 15 is 0 Å². The van der Waals surface area contributed by atoms with Crippen LogP contribution in [0, 0.1) is 11.8 Å². The lowest BCUT2D eigenvalue weighted by Crippen LogP contribution is -2.41. The first-order valence-corrected chi connectivity index (χ1v) is 27.5. The van der Waals surface area contributed by atoms with Gasteiger partial charge in [-0.2, -0.15) is 0 Å². The minimum absolute atomic E-state index is 0.0391. The number of rotatable bonds is 48. The molecule has 0 aliphatic rings. The van der Waals surface area contributed by atoms with E-state index in [1.54, 1.807) is 0 Å². The van der Waals surface area contributed by atoms with E-state index in [2.05, 4.69) is 58.5 Å². The minimum Gasteiger partial charge on any atom is -0.466 e. The summed E-state index contributed by atoms with van der Waals surface area (Å²) in [6.07, 6.45) is 36.9. The molecule has 1 amide bonds. The van der Waals surface area contributed by atoms with Crippen molar-refractivity contribution in [2.24, 2.45) is 11.8 Å². The number of hydrogen-bond acceptors (Lipinski definition) is 8. The summed E-state index contributed by atoms with van der Waals surface area (Å²) in [6, 6.07) is 0.275. The van der Waals surface area contributed by atoms with Gasteiger partial charge in [0.05, 0.1) is 19.8 Å². The number of carbonyl (C=O) groups is 4. The van der Waals surface area contributed by atoms with Gasteiger partial charge < -0.3 is 24.0 Å². The topological polar surface area (TPSA) is 102 Å². The van der Waals surface area contributed by atoms with Crippen LogP contribution in [0.5, 0.6) is 0 Å². The standard InChI is InChI=1S/C55H106N2O7/c1-8-13-28-41-53(59)62-46-34-27-21-20-24-31-40-52(58)57(45-35-44-56(6)7)51(38-29-22-16-18-25-32-42-54(60)63-47-49(11-4)36-14-9-2)39-30-23-17-19-26-33-43-55(61)64-48-50(12-5)37-15-10-3/h49-51H,8-48H2,1-7H3. The highest BCUT2D eigenvalue weighted by Crippen LogP contribution is 2.22. The molecule has 9 heteroatoms. The van der Waals surface area contributed by atoms with Gasteiger partial charge in [-0.1, -0.05) is 176 Å². The number of hydrogen-bond donors (Lipinski definition) is 0. The van der Waals surface area contributed by atoms with E-state index in [0.29, 0.717) is 63.2 Å². The molecule has 0 aromatic heterocycles. The maximum atomic E-state index is 14.0. The molecule has 0 saturated carbocycles. The molecular weight excluding hydrogens is 801 g/mol. The zero-order chi connectivity index (χ0) is 47.3. The first-order valence-electron chi connectivity index (χ1n) is 27.5. The Balaban J connectivity index is 5.01. The van der Waals surface area contributed by atoms with Crippen molar-refractivity contribution in [2.75, 3.05) is 47.0 Å². The molecule has 0 aromatic rings. The second-order valence-corrected chi connectivity index (χ2v) is 19.5. The van der Waals surface area contributed by atoms with E-state index in [1.807, 2.05) is 0 Å². The molecule has 378 valence electrons. The van der Waals surface area contributed by atoms with Crippen molar-refractivity contribution in [3.05, 3.63) is 0 Å². The van der Waals surface area contributed by atoms with E-state index in [4.69, 9.17) is 14.2 Å². The number of carbonyl (C=O) groups excluding carboxylic acids is 4. The number of ether oxygens (including phenoxy) is 3. The number of unbranched alkanes of at least 4 members (excludes halogenated alkanes) is 19. The summed E-state index contributed by atoms with van der Waals surface area (Å²) in [6.45, 7) is 14.4. The summed E-state index contributed by atoms with van der Waals surface area (Å²) in [5.41, 5.74) is 0. The average molecular weight is 907 g/mol. The molecule has 0 saturated heterocycles. The van der Waals surface area contributed by atoms with Crippen LogP contribution >= 0.6 is 0 Å². The van der Waals surface area contributed by atoms with Crippen molar-refractivity contribution in [1.29, 1.82) is 0 Å². The molecule has 0 aromatic carbocycles. The van der Waals surface area contributed by atoms with Crippen LogP contribution in [0.25, 0.3) is 0 Å². The fourth-order valence-electron chi connectivity index (χ4n) is 8.61. The Morgan fingerprint density at radius 2 is 0.781 bits per heavy atom. The zero-order valence-electron chi connectivity index (χ0n) is 43.5. The van der Waals surface area contributed by atoms with Crippen LogP contribution in [0.2, 0.25) is 0 Å². The van der Waals surface area contributed by atoms with Crippen LogP contribution < -0.4 is 0 Å². The fraction of sp³-hybridized carbons (Fsp3) is 0.927. The molecule has 0 radical (unpaired) electrons. The van der Waals surface area contributed by atoms with Crippen molar-refractivity contribution in [3.8, 4) is 0 Å². The molecule has 0 aliphatic heterocycles. The Morgan fingerprint density at radius 3 is 1.22 bits per heavy atom. The lowest BCUT2D eigenvalue weighted by atomic mass is 9.97. The molecule has 0 spiro atoms. The highest BCUT2D eigenvalue weighted by molar-refractivity contribution is 5.76. The zero-order valence-corrected chi connectivity index (χ0v) is 43.5. The molecule has 0 aliphatic carbocycles. The fourth-order valence-corrected chi connectivity index (χ4v) is 8.61. The Bertz CT molecular complexity index is 1040. The van der Waals surface area contributed by atoms with Gasteiger partial charge in [0, 0.05) is 38.3 Å². The molecule has 9 nitrogen and oxygen atoms in total. The lowest BCUT2D eigenvalue weighted by Gasteiger charge is -2.33. The largest absolute Gasteiger partial charge is 0.466 e. The van der Waals surface area contributed by atoms with Gasteiger partial charge in [-0.3, -0.25) is 19.2 Å². The molecule has 0 N–H and O–H groups in total. The van der Waals surface area contributed by atoms with E-state index in [0.717, 1.165) is 193 Å². The van der Waals surface area contributed by atoms with Gasteiger partial charge in [0.2, 0.25) is 5.91 Å². The van der Waals surface area contributed by atoms with Crippen molar-refractivity contribution in [3.63, 3.8) is 0 Å². The van der Waals surface area contributed by atoms with Crippen molar-refractivity contribution in [2.45, 2.75) is 272 Å². The van der Waals surface area contributed by atoms with Crippen molar-refractivity contribution < 1.29 is 33.4 Å². The Kier molecular flexibility index (Phi) is 44.4. The third-order valence-corrected chi connectivity index (χ3v) is 13.2. The van der Waals surface area contributed by atoms with Gasteiger partial charge in [-0.05, 0) is 96.7 Å². The summed E-state index contributed by atoms with van der Waals surface area (Å²) >= 11 is 0. The maximum Gasteiger partial charge on any atom is 0.305 e. The van der Waals surface area contributed by atoms with E-state index in [9.17, 15) is 19.2 Å². The second kappa shape index (κ2) is 46.0. The van der Waals surface area contributed by atoms with Crippen molar-refractivity contribution >= 4 is 23.8 Å². The predicted molar refractivity (Wildman–Crippen MR) is 268 cm³/mol. The second-order valence-electron chi connectivity index (χ2n) is 19.5. The number of nitrogens with zero attached hydrogens (tertiary/aromatic N) is 2. The number of amides is 1. The van der Waals surface area contributed by atoms with Crippen molar-refractivity contribution in [1.82, 2.24) is 9.80 Å². The normalized spacial score (nSPS) is 12.9. The highest BCUT2D eigenvalue weighted by atomic mass is 16.5.